The van der Waals surface area contributed by atoms with E-state index < -0.39 is 0 Å². The van der Waals surface area contributed by atoms with Crippen LogP contribution < -0.4 is 4.74 Å². The topological polar surface area (TPSA) is 63.5 Å². The number of amides is 1. The summed E-state index contributed by atoms with van der Waals surface area (Å²) in [5.41, 5.74) is 0.900. The Hall–Kier alpha value is -2.41. The van der Waals surface area contributed by atoms with Crippen molar-refractivity contribution in [2.24, 2.45) is 0 Å². The van der Waals surface area contributed by atoms with Crippen molar-refractivity contribution in [3.63, 3.8) is 0 Å². The molecule has 3 rings (SSSR count). The summed E-state index contributed by atoms with van der Waals surface area (Å²) in [4.78, 5) is 20.4. The van der Waals surface area contributed by atoms with Gasteiger partial charge in [0.1, 0.15) is 6.33 Å². The first kappa shape index (κ1) is 15.5. The van der Waals surface area contributed by atoms with E-state index >= 15 is 0 Å². The molecular formula is C16H21N5O2. The Balaban J connectivity index is 1.51. The van der Waals surface area contributed by atoms with Gasteiger partial charge in [-0.15, -0.1) is 5.10 Å². The highest BCUT2D eigenvalue weighted by Gasteiger charge is 2.20. The van der Waals surface area contributed by atoms with Crippen LogP contribution in [0.5, 0.6) is 6.01 Å². The number of likely N-dealkylation sites (N-methyl/N-ethyl adjacent to an activating group) is 1. The van der Waals surface area contributed by atoms with Crippen LogP contribution in [-0.2, 0) is 4.79 Å². The fraction of sp³-hybridized carbons (Fsp3) is 0.438. The minimum Gasteiger partial charge on any atom is -0.452 e. The third-order valence-corrected chi connectivity index (χ3v) is 3.99. The Morgan fingerprint density at radius 3 is 2.61 bits per heavy atom. The summed E-state index contributed by atoms with van der Waals surface area (Å²) >= 11 is 0. The Labute approximate surface area is 135 Å². The zero-order valence-corrected chi connectivity index (χ0v) is 13.3. The molecule has 1 saturated heterocycles. The van der Waals surface area contributed by atoms with Crippen molar-refractivity contribution in [3.05, 3.63) is 36.7 Å². The molecule has 0 bridgehead atoms. The molecule has 0 saturated carbocycles. The minimum atomic E-state index is -0.0229. The zero-order valence-electron chi connectivity index (χ0n) is 13.3. The van der Waals surface area contributed by atoms with Crippen LogP contribution >= 0.6 is 0 Å². The molecule has 1 fully saturated rings. The van der Waals surface area contributed by atoms with Crippen molar-refractivity contribution >= 4 is 5.91 Å². The lowest BCUT2D eigenvalue weighted by atomic mass is 10.3. The molecule has 2 heterocycles. The second-order valence-corrected chi connectivity index (χ2v) is 5.41. The largest absolute Gasteiger partial charge is 0.452 e. The van der Waals surface area contributed by atoms with Crippen molar-refractivity contribution in [2.45, 2.75) is 6.92 Å². The fourth-order valence-electron chi connectivity index (χ4n) is 2.55. The normalized spacial score (nSPS) is 15.6. The number of ether oxygens (including phenoxy) is 1. The van der Waals surface area contributed by atoms with Crippen molar-refractivity contribution < 1.29 is 9.53 Å². The van der Waals surface area contributed by atoms with Gasteiger partial charge in [-0.05, 0) is 18.7 Å². The van der Waals surface area contributed by atoms with Crippen molar-refractivity contribution in [1.82, 2.24) is 24.6 Å². The standard InChI is InChI=1S/C16H21N5O2/c1-2-19-8-10-20(11-9-19)15(22)12-23-16-17-13-21(18-16)14-6-4-3-5-7-14/h3-7,13H,2,8-12H2,1H3. The highest BCUT2D eigenvalue weighted by molar-refractivity contribution is 5.77. The van der Waals surface area contributed by atoms with Crippen molar-refractivity contribution in [2.75, 3.05) is 39.3 Å². The maximum atomic E-state index is 12.2. The molecule has 122 valence electrons. The number of rotatable bonds is 5. The maximum absolute atomic E-state index is 12.2. The minimum absolute atomic E-state index is 0.0168. The third-order valence-electron chi connectivity index (χ3n) is 3.99. The summed E-state index contributed by atoms with van der Waals surface area (Å²) in [6, 6.07) is 9.87. The van der Waals surface area contributed by atoms with E-state index in [1.165, 1.54) is 0 Å². The van der Waals surface area contributed by atoms with Gasteiger partial charge in [-0.25, -0.2) is 4.68 Å². The van der Waals surface area contributed by atoms with E-state index in [4.69, 9.17) is 4.74 Å². The number of carbonyl (C=O) groups excluding carboxylic acids is 1. The van der Waals surface area contributed by atoms with E-state index in [-0.39, 0.29) is 18.5 Å². The number of hydrogen-bond donors (Lipinski definition) is 0. The van der Waals surface area contributed by atoms with Gasteiger partial charge in [0.05, 0.1) is 5.69 Å². The molecule has 1 aliphatic heterocycles. The summed E-state index contributed by atoms with van der Waals surface area (Å²) in [5.74, 6) is -0.0168. The van der Waals surface area contributed by atoms with Crippen LogP contribution in [0.4, 0.5) is 0 Å². The van der Waals surface area contributed by atoms with Gasteiger partial charge in [0.25, 0.3) is 5.91 Å². The first-order chi connectivity index (χ1) is 11.3. The van der Waals surface area contributed by atoms with Crippen LogP contribution in [-0.4, -0.2) is 69.8 Å². The van der Waals surface area contributed by atoms with E-state index in [2.05, 4.69) is 21.9 Å². The predicted molar refractivity (Wildman–Crippen MR) is 85.5 cm³/mol. The molecule has 0 spiro atoms. The van der Waals surface area contributed by atoms with Gasteiger partial charge < -0.3 is 14.5 Å². The van der Waals surface area contributed by atoms with Crippen molar-refractivity contribution in [1.29, 1.82) is 0 Å². The van der Waals surface area contributed by atoms with Gasteiger partial charge in [0.2, 0.25) is 0 Å². The summed E-state index contributed by atoms with van der Waals surface area (Å²) in [7, 11) is 0. The second kappa shape index (κ2) is 7.23. The van der Waals surface area contributed by atoms with Crippen LogP contribution in [0.15, 0.2) is 36.7 Å². The van der Waals surface area contributed by atoms with E-state index in [0.29, 0.717) is 0 Å². The number of para-hydroxylation sites is 1. The summed E-state index contributed by atoms with van der Waals surface area (Å²) in [6.45, 7) is 6.48. The molecule has 0 atom stereocenters. The third kappa shape index (κ3) is 3.87. The molecule has 0 aliphatic carbocycles. The van der Waals surface area contributed by atoms with E-state index in [1.807, 2.05) is 35.2 Å². The molecule has 7 heteroatoms. The van der Waals surface area contributed by atoms with Crippen LogP contribution in [0.25, 0.3) is 5.69 Å². The summed E-state index contributed by atoms with van der Waals surface area (Å²) < 4.78 is 7.05. The summed E-state index contributed by atoms with van der Waals surface area (Å²) in [6.07, 6.45) is 1.58. The number of piperazine rings is 1. The number of nitrogens with zero attached hydrogens (tertiary/aromatic N) is 5. The molecule has 0 unspecified atom stereocenters. The SMILES string of the molecule is CCN1CCN(C(=O)COc2ncn(-c3ccccc3)n2)CC1. The first-order valence-corrected chi connectivity index (χ1v) is 7.86. The average Bonchev–Trinajstić information content (AvgIpc) is 3.09. The van der Waals surface area contributed by atoms with Crippen LogP contribution in [0.3, 0.4) is 0 Å². The Kier molecular flexibility index (Phi) is 4.87. The van der Waals surface area contributed by atoms with Gasteiger partial charge in [-0.1, -0.05) is 25.1 Å². The quantitative estimate of drug-likeness (QED) is 0.817. The molecule has 0 radical (unpaired) electrons. The molecular weight excluding hydrogens is 294 g/mol. The van der Waals surface area contributed by atoms with Gasteiger partial charge in [-0.3, -0.25) is 4.79 Å². The van der Waals surface area contributed by atoms with Crippen molar-refractivity contribution in [3.8, 4) is 11.7 Å². The number of carbonyl (C=O) groups is 1. The lowest BCUT2D eigenvalue weighted by molar-refractivity contribution is -0.135. The number of aromatic nitrogens is 3. The highest BCUT2D eigenvalue weighted by Crippen LogP contribution is 2.09. The Morgan fingerprint density at radius 1 is 1.17 bits per heavy atom. The fourth-order valence-corrected chi connectivity index (χ4v) is 2.55. The first-order valence-electron chi connectivity index (χ1n) is 7.86. The molecule has 1 aliphatic rings. The van der Waals surface area contributed by atoms with Gasteiger partial charge in [0, 0.05) is 26.2 Å². The lowest BCUT2D eigenvalue weighted by Gasteiger charge is -2.33. The van der Waals surface area contributed by atoms with Crippen LogP contribution in [0.2, 0.25) is 0 Å². The van der Waals surface area contributed by atoms with Gasteiger partial charge in [0.15, 0.2) is 6.61 Å². The molecule has 23 heavy (non-hydrogen) atoms. The van der Waals surface area contributed by atoms with E-state index in [9.17, 15) is 4.79 Å². The molecule has 2 aromatic rings. The molecule has 1 aromatic carbocycles. The van der Waals surface area contributed by atoms with Crippen LogP contribution in [0, 0.1) is 0 Å². The zero-order chi connectivity index (χ0) is 16.1. The number of hydrogen-bond acceptors (Lipinski definition) is 5. The lowest BCUT2D eigenvalue weighted by Crippen LogP contribution is -2.49. The van der Waals surface area contributed by atoms with E-state index in [0.717, 1.165) is 38.4 Å². The highest BCUT2D eigenvalue weighted by atomic mass is 16.5. The Morgan fingerprint density at radius 2 is 1.91 bits per heavy atom. The number of benzene rings is 1. The second-order valence-electron chi connectivity index (χ2n) is 5.41. The molecule has 1 aromatic heterocycles. The smallest absolute Gasteiger partial charge is 0.336 e. The van der Waals surface area contributed by atoms with Crippen LogP contribution in [0.1, 0.15) is 6.92 Å². The molecule has 0 N–H and O–H groups in total. The maximum Gasteiger partial charge on any atom is 0.336 e. The monoisotopic (exact) mass is 315 g/mol. The van der Waals surface area contributed by atoms with E-state index in [1.54, 1.807) is 11.0 Å². The summed E-state index contributed by atoms with van der Waals surface area (Å²) in [5, 5.41) is 4.23. The molecule has 7 nitrogen and oxygen atoms in total. The predicted octanol–water partition coefficient (Wildman–Crippen LogP) is 0.810. The van der Waals surface area contributed by atoms with Gasteiger partial charge in [-0.2, -0.15) is 4.98 Å². The molecule has 1 amide bonds. The van der Waals surface area contributed by atoms with Gasteiger partial charge >= 0.3 is 6.01 Å². The average molecular weight is 315 g/mol. The Bertz CT molecular complexity index is 635.